The van der Waals surface area contributed by atoms with Gasteiger partial charge in [0.05, 0.1) is 6.42 Å². The summed E-state index contributed by atoms with van der Waals surface area (Å²) in [5.74, 6) is 0. The number of halogens is 3. The Morgan fingerprint density at radius 2 is 1.70 bits per heavy atom. The van der Waals surface area contributed by atoms with Crippen LogP contribution in [-0.4, -0.2) is 31.2 Å². The van der Waals surface area contributed by atoms with Crippen molar-refractivity contribution in [2.75, 3.05) is 20.1 Å². The van der Waals surface area contributed by atoms with Gasteiger partial charge in [0.15, 0.2) is 0 Å². The van der Waals surface area contributed by atoms with Crippen molar-refractivity contribution in [1.29, 1.82) is 0 Å². The molecular weight excluding hydrogens is 265 g/mol. The molecule has 0 aliphatic carbocycles. The van der Waals surface area contributed by atoms with Crippen molar-refractivity contribution in [3.63, 3.8) is 0 Å². The Hall–Kier alpha value is -1.07. The Labute approximate surface area is 119 Å². The van der Waals surface area contributed by atoms with Crippen molar-refractivity contribution >= 4 is 0 Å². The largest absolute Gasteiger partial charge is 0.390 e. The molecule has 0 bridgehead atoms. The Balaban J connectivity index is 2.36. The van der Waals surface area contributed by atoms with E-state index in [1.807, 2.05) is 24.3 Å². The Morgan fingerprint density at radius 3 is 2.25 bits per heavy atom. The SMILES string of the molecule is CCCNCc1ccc(CN(C)CCC(F)(F)F)cc1. The van der Waals surface area contributed by atoms with Crippen LogP contribution in [0, 0.1) is 0 Å². The van der Waals surface area contributed by atoms with Gasteiger partial charge in [-0.2, -0.15) is 13.2 Å². The maximum atomic E-state index is 12.1. The third-order valence-electron chi connectivity index (χ3n) is 3.01. The van der Waals surface area contributed by atoms with Gasteiger partial charge in [-0.3, -0.25) is 0 Å². The average Bonchev–Trinajstić information content (AvgIpc) is 2.38. The van der Waals surface area contributed by atoms with E-state index in [0.717, 1.165) is 25.1 Å². The van der Waals surface area contributed by atoms with Crippen molar-refractivity contribution in [2.45, 2.75) is 39.0 Å². The summed E-state index contributed by atoms with van der Waals surface area (Å²) in [6.45, 7) is 4.51. The molecule has 1 rings (SSSR count). The first kappa shape index (κ1) is 17.0. The van der Waals surface area contributed by atoms with Gasteiger partial charge in [0.2, 0.25) is 0 Å². The predicted octanol–water partition coefficient (Wildman–Crippen LogP) is 3.57. The highest BCUT2D eigenvalue weighted by molar-refractivity contribution is 5.22. The highest BCUT2D eigenvalue weighted by atomic mass is 19.4. The van der Waals surface area contributed by atoms with Crippen LogP contribution < -0.4 is 5.32 Å². The Morgan fingerprint density at radius 1 is 1.10 bits per heavy atom. The van der Waals surface area contributed by atoms with Gasteiger partial charge in [0.25, 0.3) is 0 Å². The zero-order chi connectivity index (χ0) is 15.0. The van der Waals surface area contributed by atoms with Gasteiger partial charge < -0.3 is 10.2 Å². The minimum atomic E-state index is -4.08. The van der Waals surface area contributed by atoms with Crippen LogP contribution in [-0.2, 0) is 13.1 Å². The number of nitrogens with zero attached hydrogens (tertiary/aromatic N) is 1. The van der Waals surface area contributed by atoms with E-state index in [4.69, 9.17) is 0 Å². The molecular formula is C15H23F3N2. The van der Waals surface area contributed by atoms with Crippen LogP contribution in [0.2, 0.25) is 0 Å². The molecule has 1 N–H and O–H groups in total. The fourth-order valence-electron chi connectivity index (χ4n) is 1.88. The molecule has 0 saturated carbocycles. The minimum absolute atomic E-state index is 0.0311. The standard InChI is InChI=1S/C15H23F3N2/c1-3-9-19-11-13-4-6-14(7-5-13)12-20(2)10-8-15(16,17)18/h4-7,19H,3,8-12H2,1-2H3. The molecule has 0 aromatic heterocycles. The number of hydrogen-bond acceptors (Lipinski definition) is 2. The molecule has 5 heteroatoms. The first-order chi connectivity index (χ1) is 9.40. The van der Waals surface area contributed by atoms with Gasteiger partial charge in [0.1, 0.15) is 0 Å². The molecule has 1 aromatic rings. The third-order valence-corrected chi connectivity index (χ3v) is 3.01. The number of nitrogens with one attached hydrogen (secondary N) is 1. The second-order valence-electron chi connectivity index (χ2n) is 5.10. The zero-order valence-electron chi connectivity index (χ0n) is 12.1. The van der Waals surface area contributed by atoms with E-state index in [2.05, 4.69) is 12.2 Å². The molecule has 0 atom stereocenters. The molecule has 0 radical (unpaired) electrons. The Kier molecular flexibility index (Phi) is 7.02. The molecule has 1 aromatic carbocycles. The summed E-state index contributed by atoms with van der Waals surface area (Å²) in [5.41, 5.74) is 2.23. The highest BCUT2D eigenvalue weighted by Crippen LogP contribution is 2.19. The van der Waals surface area contributed by atoms with E-state index < -0.39 is 12.6 Å². The van der Waals surface area contributed by atoms with Gasteiger partial charge in [0, 0.05) is 19.6 Å². The molecule has 114 valence electrons. The fraction of sp³-hybridized carbons (Fsp3) is 0.600. The molecule has 0 aliphatic heterocycles. The molecule has 20 heavy (non-hydrogen) atoms. The van der Waals surface area contributed by atoms with Crippen molar-refractivity contribution in [3.05, 3.63) is 35.4 Å². The first-order valence-electron chi connectivity index (χ1n) is 6.94. The summed E-state index contributed by atoms with van der Waals surface area (Å²) in [7, 11) is 1.71. The molecule has 2 nitrogen and oxygen atoms in total. The lowest BCUT2D eigenvalue weighted by Gasteiger charge is -2.18. The molecule has 0 aliphatic rings. The van der Waals surface area contributed by atoms with Gasteiger partial charge in [-0.15, -0.1) is 0 Å². The number of benzene rings is 1. The molecule has 0 unspecified atom stereocenters. The maximum Gasteiger partial charge on any atom is 0.390 e. The molecule has 0 heterocycles. The lowest BCUT2D eigenvalue weighted by molar-refractivity contribution is -0.137. The summed E-state index contributed by atoms with van der Waals surface area (Å²) in [4.78, 5) is 1.69. The Bertz CT molecular complexity index is 374. The number of alkyl halides is 3. The normalized spacial score (nSPS) is 12.1. The van der Waals surface area contributed by atoms with Crippen LogP contribution >= 0.6 is 0 Å². The third kappa shape index (κ3) is 7.50. The lowest BCUT2D eigenvalue weighted by Crippen LogP contribution is -2.24. The van der Waals surface area contributed by atoms with Gasteiger partial charge in [-0.1, -0.05) is 31.2 Å². The summed E-state index contributed by atoms with van der Waals surface area (Å²) in [5, 5.41) is 3.31. The summed E-state index contributed by atoms with van der Waals surface area (Å²) in [6, 6.07) is 8.01. The second kappa shape index (κ2) is 8.27. The van der Waals surface area contributed by atoms with E-state index in [0.29, 0.717) is 6.54 Å². The van der Waals surface area contributed by atoms with E-state index >= 15 is 0 Å². The first-order valence-corrected chi connectivity index (χ1v) is 6.94. The van der Waals surface area contributed by atoms with Gasteiger partial charge in [-0.25, -0.2) is 0 Å². The summed E-state index contributed by atoms with van der Waals surface area (Å²) in [6.07, 6.45) is -3.74. The predicted molar refractivity (Wildman–Crippen MR) is 75.4 cm³/mol. The van der Waals surface area contributed by atoms with Crippen LogP contribution in [0.15, 0.2) is 24.3 Å². The van der Waals surface area contributed by atoms with Gasteiger partial charge >= 0.3 is 6.18 Å². The molecule has 0 spiro atoms. The molecule has 0 fully saturated rings. The minimum Gasteiger partial charge on any atom is -0.313 e. The topological polar surface area (TPSA) is 15.3 Å². The average molecular weight is 288 g/mol. The summed E-state index contributed by atoms with van der Waals surface area (Å²) < 4.78 is 36.4. The monoisotopic (exact) mass is 288 g/mol. The molecule has 0 saturated heterocycles. The van der Waals surface area contributed by atoms with Crippen LogP contribution in [0.4, 0.5) is 13.2 Å². The number of rotatable bonds is 8. The quantitative estimate of drug-likeness (QED) is 0.736. The second-order valence-corrected chi connectivity index (χ2v) is 5.10. The van der Waals surface area contributed by atoms with E-state index in [1.165, 1.54) is 5.56 Å². The smallest absolute Gasteiger partial charge is 0.313 e. The lowest BCUT2D eigenvalue weighted by atomic mass is 10.1. The summed E-state index contributed by atoms with van der Waals surface area (Å²) >= 11 is 0. The van der Waals surface area contributed by atoms with Crippen molar-refractivity contribution in [2.24, 2.45) is 0 Å². The van der Waals surface area contributed by atoms with Crippen molar-refractivity contribution in [1.82, 2.24) is 10.2 Å². The highest BCUT2D eigenvalue weighted by Gasteiger charge is 2.26. The van der Waals surface area contributed by atoms with Gasteiger partial charge in [-0.05, 0) is 31.1 Å². The van der Waals surface area contributed by atoms with E-state index in [1.54, 1.807) is 11.9 Å². The molecule has 0 amide bonds. The van der Waals surface area contributed by atoms with Crippen LogP contribution in [0.5, 0.6) is 0 Å². The van der Waals surface area contributed by atoms with Crippen LogP contribution in [0.25, 0.3) is 0 Å². The number of hydrogen-bond donors (Lipinski definition) is 1. The van der Waals surface area contributed by atoms with Crippen LogP contribution in [0.3, 0.4) is 0 Å². The fourth-order valence-corrected chi connectivity index (χ4v) is 1.88. The van der Waals surface area contributed by atoms with E-state index in [-0.39, 0.29) is 6.54 Å². The zero-order valence-corrected chi connectivity index (χ0v) is 12.1. The van der Waals surface area contributed by atoms with E-state index in [9.17, 15) is 13.2 Å². The van der Waals surface area contributed by atoms with Crippen molar-refractivity contribution < 1.29 is 13.2 Å². The van der Waals surface area contributed by atoms with Crippen LogP contribution in [0.1, 0.15) is 30.9 Å². The van der Waals surface area contributed by atoms with Crippen molar-refractivity contribution in [3.8, 4) is 0 Å². The maximum absolute atomic E-state index is 12.1.